The van der Waals surface area contributed by atoms with Crippen LogP contribution in [0.15, 0.2) is 63.6 Å². The van der Waals surface area contributed by atoms with Gasteiger partial charge in [0.1, 0.15) is 0 Å². The van der Waals surface area contributed by atoms with Gasteiger partial charge in [-0.25, -0.2) is 18.7 Å². The van der Waals surface area contributed by atoms with Gasteiger partial charge in [-0.05, 0) is 42.5 Å². The smallest absolute Gasteiger partial charge is 0.257 e. The van der Waals surface area contributed by atoms with Gasteiger partial charge in [0.25, 0.3) is 5.91 Å². The number of amides is 1. The minimum Gasteiger partial charge on any atom is -0.298 e. The molecule has 1 N–H and O–H groups in total. The van der Waals surface area contributed by atoms with E-state index in [1.165, 1.54) is 17.4 Å². The molecule has 0 aliphatic rings. The summed E-state index contributed by atoms with van der Waals surface area (Å²) in [7, 11) is 0. The molecule has 0 aliphatic carbocycles. The van der Waals surface area contributed by atoms with Gasteiger partial charge in [0, 0.05) is 32.5 Å². The van der Waals surface area contributed by atoms with Crippen molar-refractivity contribution in [2.24, 2.45) is 0 Å². The SMILES string of the molecule is O=C(Nc1nc(-c2ccc(F)c(F)c2)cs1)c1ccc(SCc2cscn2)cc1. The number of anilines is 1. The fourth-order valence-corrected chi connectivity index (χ4v) is 4.64. The Balaban J connectivity index is 1.39. The lowest BCUT2D eigenvalue weighted by molar-refractivity contribution is 0.102. The number of carbonyl (C=O) groups excluding carboxylic acids is 1. The lowest BCUT2D eigenvalue weighted by Gasteiger charge is -2.04. The molecule has 1 amide bonds. The van der Waals surface area contributed by atoms with E-state index in [-0.39, 0.29) is 5.91 Å². The van der Waals surface area contributed by atoms with Crippen LogP contribution in [0, 0.1) is 11.6 Å². The topological polar surface area (TPSA) is 54.9 Å². The fourth-order valence-electron chi connectivity index (χ4n) is 2.46. The van der Waals surface area contributed by atoms with E-state index in [0.29, 0.717) is 22.0 Å². The third kappa shape index (κ3) is 4.87. The van der Waals surface area contributed by atoms with Gasteiger partial charge >= 0.3 is 0 Å². The van der Waals surface area contributed by atoms with Crippen LogP contribution in [0.2, 0.25) is 0 Å². The zero-order chi connectivity index (χ0) is 20.2. The number of thiazole rings is 2. The predicted molar refractivity (Wildman–Crippen MR) is 114 cm³/mol. The third-order valence-electron chi connectivity index (χ3n) is 3.93. The van der Waals surface area contributed by atoms with E-state index < -0.39 is 11.6 Å². The van der Waals surface area contributed by atoms with Crippen LogP contribution in [-0.2, 0) is 5.75 Å². The van der Waals surface area contributed by atoms with E-state index in [0.717, 1.165) is 28.5 Å². The standard InChI is InChI=1S/C20H13F2N3OS3/c21-16-6-3-13(7-17(16)22)18-10-29-20(24-18)25-19(26)12-1-4-15(5-2-12)28-9-14-8-27-11-23-14/h1-8,10-11H,9H2,(H,24,25,26). The number of aromatic nitrogens is 2. The largest absolute Gasteiger partial charge is 0.298 e. The zero-order valence-corrected chi connectivity index (χ0v) is 17.2. The van der Waals surface area contributed by atoms with Crippen molar-refractivity contribution >= 4 is 45.5 Å². The van der Waals surface area contributed by atoms with Crippen LogP contribution in [0.1, 0.15) is 16.1 Å². The Kier molecular flexibility index (Phi) is 5.98. The maximum atomic E-state index is 13.4. The molecule has 0 aliphatic heterocycles. The normalized spacial score (nSPS) is 10.8. The molecule has 0 saturated heterocycles. The highest BCUT2D eigenvalue weighted by atomic mass is 32.2. The van der Waals surface area contributed by atoms with E-state index in [1.54, 1.807) is 46.1 Å². The first kappa shape index (κ1) is 19.7. The summed E-state index contributed by atoms with van der Waals surface area (Å²) >= 11 is 4.43. The predicted octanol–water partition coefficient (Wildman–Crippen LogP) is 6.09. The van der Waals surface area contributed by atoms with Gasteiger partial charge < -0.3 is 0 Å². The Morgan fingerprint density at radius 1 is 1.07 bits per heavy atom. The number of nitrogens with one attached hydrogen (secondary N) is 1. The van der Waals surface area contributed by atoms with Gasteiger partial charge in [-0.1, -0.05) is 0 Å². The Morgan fingerprint density at radius 2 is 1.90 bits per heavy atom. The second kappa shape index (κ2) is 8.81. The second-order valence-electron chi connectivity index (χ2n) is 5.91. The molecule has 4 aromatic rings. The number of nitrogens with zero attached hydrogens (tertiary/aromatic N) is 2. The number of thioether (sulfide) groups is 1. The van der Waals surface area contributed by atoms with Crippen molar-refractivity contribution in [1.29, 1.82) is 0 Å². The summed E-state index contributed by atoms with van der Waals surface area (Å²) in [5.41, 5.74) is 4.26. The molecular weight excluding hydrogens is 432 g/mol. The molecule has 2 aromatic carbocycles. The van der Waals surface area contributed by atoms with Gasteiger partial charge in [-0.3, -0.25) is 10.1 Å². The molecule has 9 heteroatoms. The summed E-state index contributed by atoms with van der Waals surface area (Å²) in [5.74, 6) is -1.35. The molecule has 0 atom stereocenters. The molecule has 0 fully saturated rings. The first-order valence-corrected chi connectivity index (χ1v) is 11.2. The van der Waals surface area contributed by atoms with E-state index >= 15 is 0 Å². The van der Waals surface area contributed by atoms with Gasteiger partial charge in [-0.2, -0.15) is 0 Å². The molecule has 0 radical (unpaired) electrons. The number of halogens is 2. The second-order valence-corrected chi connectivity index (χ2v) is 8.54. The fraction of sp³-hybridized carbons (Fsp3) is 0.0500. The van der Waals surface area contributed by atoms with Gasteiger partial charge in [0.2, 0.25) is 0 Å². The van der Waals surface area contributed by atoms with Crippen LogP contribution in [0.25, 0.3) is 11.3 Å². The molecule has 2 aromatic heterocycles. The molecule has 4 rings (SSSR count). The molecule has 0 bridgehead atoms. The summed E-state index contributed by atoms with van der Waals surface area (Å²) in [6, 6.07) is 10.9. The quantitative estimate of drug-likeness (QED) is 0.365. The highest BCUT2D eigenvalue weighted by Gasteiger charge is 2.12. The number of hydrogen-bond donors (Lipinski definition) is 1. The van der Waals surface area contributed by atoms with Crippen molar-refractivity contribution in [3.63, 3.8) is 0 Å². The van der Waals surface area contributed by atoms with Gasteiger partial charge in [0.15, 0.2) is 16.8 Å². The molecule has 0 saturated carbocycles. The van der Waals surface area contributed by atoms with Crippen molar-refractivity contribution in [2.45, 2.75) is 10.6 Å². The maximum absolute atomic E-state index is 13.4. The summed E-state index contributed by atoms with van der Waals surface area (Å²) in [6.07, 6.45) is 0. The Labute approximate surface area is 177 Å². The molecule has 0 unspecified atom stereocenters. The van der Waals surface area contributed by atoms with Gasteiger partial charge in [0.05, 0.1) is 16.9 Å². The average molecular weight is 446 g/mol. The van der Waals surface area contributed by atoms with E-state index in [1.807, 2.05) is 17.5 Å². The van der Waals surface area contributed by atoms with E-state index in [4.69, 9.17) is 0 Å². The molecule has 0 spiro atoms. The minimum atomic E-state index is -0.936. The summed E-state index contributed by atoms with van der Waals surface area (Å²) < 4.78 is 26.5. The minimum absolute atomic E-state index is 0.285. The highest BCUT2D eigenvalue weighted by molar-refractivity contribution is 7.98. The lowest BCUT2D eigenvalue weighted by Crippen LogP contribution is -2.11. The summed E-state index contributed by atoms with van der Waals surface area (Å²) in [4.78, 5) is 22.0. The molecule has 2 heterocycles. The Bertz CT molecular complexity index is 1130. The average Bonchev–Trinajstić information content (AvgIpc) is 3.41. The Hall–Kier alpha value is -2.62. The van der Waals surface area contributed by atoms with Crippen molar-refractivity contribution in [3.05, 3.63) is 81.6 Å². The van der Waals surface area contributed by atoms with E-state index in [2.05, 4.69) is 15.3 Å². The van der Waals surface area contributed by atoms with Crippen LogP contribution in [0.4, 0.5) is 13.9 Å². The Morgan fingerprint density at radius 3 is 2.62 bits per heavy atom. The third-order valence-corrected chi connectivity index (χ3v) is 6.37. The number of rotatable bonds is 6. The first-order chi connectivity index (χ1) is 14.1. The zero-order valence-electron chi connectivity index (χ0n) is 14.8. The number of carbonyl (C=O) groups is 1. The van der Waals surface area contributed by atoms with Crippen molar-refractivity contribution in [3.8, 4) is 11.3 Å². The maximum Gasteiger partial charge on any atom is 0.257 e. The number of hydrogen-bond acceptors (Lipinski definition) is 6. The van der Waals surface area contributed by atoms with Crippen LogP contribution >= 0.6 is 34.4 Å². The van der Waals surface area contributed by atoms with Crippen LogP contribution in [0.5, 0.6) is 0 Å². The van der Waals surface area contributed by atoms with E-state index in [9.17, 15) is 13.6 Å². The van der Waals surface area contributed by atoms with Crippen LogP contribution < -0.4 is 5.32 Å². The monoisotopic (exact) mass is 445 g/mol. The molecule has 4 nitrogen and oxygen atoms in total. The van der Waals surface area contributed by atoms with Crippen molar-refractivity contribution in [1.82, 2.24) is 9.97 Å². The van der Waals surface area contributed by atoms with Crippen molar-refractivity contribution < 1.29 is 13.6 Å². The summed E-state index contributed by atoms with van der Waals surface area (Å²) in [5, 5.41) is 6.81. The highest BCUT2D eigenvalue weighted by Crippen LogP contribution is 2.27. The van der Waals surface area contributed by atoms with Gasteiger partial charge in [-0.15, -0.1) is 34.4 Å². The molecule has 146 valence electrons. The van der Waals surface area contributed by atoms with Crippen LogP contribution in [-0.4, -0.2) is 15.9 Å². The number of benzene rings is 2. The van der Waals surface area contributed by atoms with Crippen molar-refractivity contribution in [2.75, 3.05) is 5.32 Å². The lowest BCUT2D eigenvalue weighted by atomic mass is 10.2. The molecular formula is C20H13F2N3OS3. The van der Waals surface area contributed by atoms with Crippen LogP contribution in [0.3, 0.4) is 0 Å². The first-order valence-electron chi connectivity index (χ1n) is 8.41. The summed E-state index contributed by atoms with van der Waals surface area (Å²) in [6.45, 7) is 0. The molecule has 29 heavy (non-hydrogen) atoms.